The van der Waals surface area contributed by atoms with Crippen LogP contribution in [0.5, 0.6) is 0 Å². The smallest absolute Gasteiger partial charge is 0.113 e. The third kappa shape index (κ3) is 3.78. The molecule has 0 saturated heterocycles. The zero-order valence-electron chi connectivity index (χ0n) is 15.8. The summed E-state index contributed by atoms with van der Waals surface area (Å²) in [5.74, 6) is 5.01. The molecule has 0 unspecified atom stereocenters. The first-order valence-electron chi connectivity index (χ1n) is 8.61. The van der Waals surface area contributed by atoms with Crippen LogP contribution < -0.4 is 5.11 Å². The monoisotopic (exact) mass is 364 g/mol. The molecule has 134 valence electrons. The molecule has 1 aliphatic heterocycles. The van der Waals surface area contributed by atoms with Crippen LogP contribution >= 0.6 is 11.8 Å². The average molecular weight is 364 g/mol. The maximum Gasteiger partial charge on any atom is 0.113 e. The Labute approximate surface area is 159 Å². The molecule has 0 saturated carbocycles. The Morgan fingerprint density at radius 3 is 2.54 bits per heavy atom. The van der Waals surface area contributed by atoms with E-state index in [-0.39, 0.29) is 15.7 Å². The minimum Gasteiger partial charge on any atom is -0.545 e. The van der Waals surface area contributed by atoms with E-state index in [1.165, 1.54) is 22.7 Å². The molecule has 0 aliphatic carbocycles. The number of carboxylic acids is 1. The van der Waals surface area contributed by atoms with Crippen molar-refractivity contribution < 1.29 is 9.90 Å². The first-order valence-corrected chi connectivity index (χ1v) is 9.43. The highest BCUT2D eigenvalue weighted by Gasteiger charge is 2.38. The second-order valence-corrected chi connectivity index (χ2v) is 9.80. The molecule has 1 aliphatic rings. The molecular weight excluding hydrogens is 342 g/mol. The maximum absolute atomic E-state index is 10.8. The normalized spacial score (nSPS) is 17.0. The van der Waals surface area contributed by atoms with Crippen molar-refractivity contribution in [1.82, 2.24) is 4.98 Å². The second-order valence-electron chi connectivity index (χ2n) is 8.06. The summed E-state index contributed by atoms with van der Waals surface area (Å²) >= 11 is 1.94. The lowest BCUT2D eigenvalue weighted by molar-refractivity contribution is -0.255. The third-order valence-corrected chi connectivity index (χ3v) is 5.89. The maximum atomic E-state index is 10.8. The Bertz CT molecular complexity index is 931. The first kappa shape index (κ1) is 18.5. The lowest BCUT2D eigenvalue weighted by atomic mass is 9.76. The second kappa shape index (κ2) is 6.48. The summed E-state index contributed by atoms with van der Waals surface area (Å²) in [5, 5.41) is 10.8. The highest BCUT2D eigenvalue weighted by atomic mass is 32.2. The fraction of sp³-hybridized carbons (Fsp3) is 0.364. The molecule has 2 aromatic rings. The van der Waals surface area contributed by atoms with Gasteiger partial charge in [0, 0.05) is 27.0 Å². The molecule has 0 amide bonds. The summed E-state index contributed by atoms with van der Waals surface area (Å²) in [5.41, 5.74) is 4.18. The number of carboxylic acid groups (broad SMARTS) is 1. The van der Waals surface area contributed by atoms with Gasteiger partial charge in [0.1, 0.15) is 5.69 Å². The van der Waals surface area contributed by atoms with E-state index in [0.717, 1.165) is 17.5 Å². The number of hydrogen-bond acceptors (Lipinski definition) is 4. The summed E-state index contributed by atoms with van der Waals surface area (Å²) in [6.07, 6.45) is 2.39. The highest BCUT2D eigenvalue weighted by molar-refractivity contribution is 8.00. The van der Waals surface area contributed by atoms with E-state index in [1.54, 1.807) is 6.07 Å². The number of rotatable bonds is 1. The number of pyridine rings is 1. The van der Waals surface area contributed by atoms with Gasteiger partial charge in [-0.3, -0.25) is 0 Å². The van der Waals surface area contributed by atoms with Crippen LogP contribution in [0, 0.1) is 18.8 Å². The molecule has 1 aromatic carbocycles. The molecule has 0 bridgehead atoms. The molecule has 0 fully saturated rings. The van der Waals surface area contributed by atoms with Gasteiger partial charge in [0.15, 0.2) is 0 Å². The largest absolute Gasteiger partial charge is 0.545 e. The van der Waals surface area contributed by atoms with E-state index < -0.39 is 5.97 Å². The zero-order chi connectivity index (χ0) is 19.1. The molecular formula is C22H22NO2S-. The van der Waals surface area contributed by atoms with Crippen LogP contribution in [0.1, 0.15) is 66.9 Å². The Balaban J connectivity index is 1.97. The Kier molecular flexibility index (Phi) is 4.62. The number of aromatic nitrogens is 1. The Hall–Kier alpha value is -2.25. The summed E-state index contributed by atoms with van der Waals surface area (Å²) in [7, 11) is 0. The van der Waals surface area contributed by atoms with Crippen LogP contribution in [0.2, 0.25) is 0 Å². The number of carbonyl (C=O) groups is 1. The van der Waals surface area contributed by atoms with E-state index in [1.807, 2.05) is 11.8 Å². The topological polar surface area (TPSA) is 53.0 Å². The lowest BCUT2D eigenvalue weighted by Gasteiger charge is -2.42. The highest BCUT2D eigenvalue weighted by Crippen LogP contribution is 2.51. The molecule has 1 aromatic heterocycles. The molecule has 3 rings (SSSR count). The van der Waals surface area contributed by atoms with Crippen LogP contribution in [0.3, 0.4) is 0 Å². The number of fused-ring (bicyclic) bond motifs is 1. The molecule has 4 heteroatoms. The van der Waals surface area contributed by atoms with Crippen molar-refractivity contribution in [2.45, 2.75) is 56.1 Å². The van der Waals surface area contributed by atoms with Gasteiger partial charge in [-0.2, -0.15) is 0 Å². The number of thioether (sulfide) groups is 1. The van der Waals surface area contributed by atoms with Crippen LogP contribution in [0.15, 0.2) is 35.4 Å². The van der Waals surface area contributed by atoms with Crippen LogP contribution in [0.25, 0.3) is 0 Å². The number of nitrogens with zero attached hydrogens (tertiary/aromatic N) is 1. The van der Waals surface area contributed by atoms with Gasteiger partial charge < -0.3 is 9.90 Å². The Morgan fingerprint density at radius 2 is 1.92 bits per heavy atom. The molecule has 0 atom stereocenters. The zero-order valence-corrected chi connectivity index (χ0v) is 16.6. The SMILES string of the molecule is Cc1cc2c(cc1C#Cc1ccc(C(=O)[O-])cn1)C(C)(C)CC(C)(C)S2. The van der Waals surface area contributed by atoms with Crippen molar-refractivity contribution in [2.24, 2.45) is 0 Å². The van der Waals surface area contributed by atoms with Gasteiger partial charge in [0.2, 0.25) is 0 Å². The van der Waals surface area contributed by atoms with E-state index in [9.17, 15) is 9.90 Å². The summed E-state index contributed by atoms with van der Waals surface area (Å²) in [4.78, 5) is 16.2. The summed E-state index contributed by atoms with van der Waals surface area (Å²) in [6.45, 7) is 11.3. The van der Waals surface area contributed by atoms with Gasteiger partial charge >= 0.3 is 0 Å². The summed E-state index contributed by atoms with van der Waals surface area (Å²) < 4.78 is 0.223. The quantitative estimate of drug-likeness (QED) is 0.724. The first-order chi connectivity index (χ1) is 12.1. The van der Waals surface area contributed by atoms with Gasteiger partial charge in [0.05, 0.1) is 5.97 Å². The fourth-order valence-corrected chi connectivity index (χ4v) is 5.35. The van der Waals surface area contributed by atoms with E-state index in [2.05, 4.69) is 63.6 Å². The molecule has 2 heterocycles. The number of aromatic carboxylic acids is 1. The molecule has 0 N–H and O–H groups in total. The van der Waals surface area contributed by atoms with Crippen LogP contribution in [-0.4, -0.2) is 15.7 Å². The minimum absolute atomic E-state index is 0.0573. The summed E-state index contributed by atoms with van der Waals surface area (Å²) in [6, 6.07) is 7.51. The van der Waals surface area contributed by atoms with Gasteiger partial charge in [-0.25, -0.2) is 4.98 Å². The molecule has 0 radical (unpaired) electrons. The van der Waals surface area contributed by atoms with Crippen molar-refractivity contribution in [3.8, 4) is 11.8 Å². The average Bonchev–Trinajstić information content (AvgIpc) is 2.51. The van der Waals surface area contributed by atoms with Crippen molar-refractivity contribution in [3.05, 3.63) is 58.4 Å². The van der Waals surface area contributed by atoms with E-state index in [4.69, 9.17) is 0 Å². The predicted molar refractivity (Wildman–Crippen MR) is 103 cm³/mol. The minimum atomic E-state index is -1.23. The van der Waals surface area contributed by atoms with Crippen molar-refractivity contribution in [1.29, 1.82) is 0 Å². The van der Waals surface area contributed by atoms with Crippen molar-refractivity contribution in [2.75, 3.05) is 0 Å². The van der Waals surface area contributed by atoms with Crippen molar-refractivity contribution in [3.63, 3.8) is 0 Å². The van der Waals surface area contributed by atoms with Crippen molar-refractivity contribution >= 4 is 17.7 Å². The predicted octanol–water partition coefficient (Wildman–Crippen LogP) is 3.71. The van der Waals surface area contributed by atoms with Crippen LogP contribution in [0.4, 0.5) is 0 Å². The fourth-order valence-electron chi connectivity index (χ4n) is 3.64. The molecule has 3 nitrogen and oxygen atoms in total. The molecule has 0 spiro atoms. The van der Waals surface area contributed by atoms with Gasteiger partial charge in [0.25, 0.3) is 0 Å². The Morgan fingerprint density at radius 1 is 1.19 bits per heavy atom. The van der Waals surface area contributed by atoms with E-state index >= 15 is 0 Å². The number of carbonyl (C=O) groups excluding carboxylic acids is 1. The van der Waals surface area contributed by atoms with Gasteiger partial charge in [-0.1, -0.05) is 33.6 Å². The number of hydrogen-bond donors (Lipinski definition) is 0. The van der Waals surface area contributed by atoms with Crippen LogP contribution in [-0.2, 0) is 5.41 Å². The number of benzene rings is 1. The van der Waals surface area contributed by atoms with Gasteiger partial charge in [-0.15, -0.1) is 11.8 Å². The standard InChI is InChI=1S/C22H23NO2S/c1-14-10-19-18(21(2,3)13-22(4,5)26-19)11-15(14)6-8-17-9-7-16(12-23-17)20(24)25/h7,9-12H,13H2,1-5H3,(H,24,25)/p-1. The number of aryl methyl sites for hydroxylation is 1. The molecule has 26 heavy (non-hydrogen) atoms. The van der Waals surface area contributed by atoms with Gasteiger partial charge in [-0.05, 0) is 60.1 Å². The van der Waals surface area contributed by atoms with E-state index in [0.29, 0.717) is 5.69 Å². The third-order valence-electron chi connectivity index (χ3n) is 4.63. The lowest BCUT2D eigenvalue weighted by Crippen LogP contribution is -2.33.